The predicted octanol–water partition coefficient (Wildman–Crippen LogP) is 5.89. The van der Waals surface area contributed by atoms with E-state index in [1.165, 1.54) is 13.2 Å². The SMILES string of the molecule is CC(=O)ON=C(C)c1ccc2c(c1)c1ccccc1n2-c1ccc(C(=O)c2ccco2)cc1. The van der Waals surface area contributed by atoms with Gasteiger partial charge in [-0.3, -0.25) is 4.79 Å². The van der Waals surface area contributed by atoms with E-state index in [0.717, 1.165) is 33.1 Å². The van der Waals surface area contributed by atoms with Crippen LogP contribution in [0.3, 0.4) is 0 Å². The minimum Gasteiger partial charge on any atom is -0.461 e. The van der Waals surface area contributed by atoms with Crippen molar-refractivity contribution < 1.29 is 18.8 Å². The van der Waals surface area contributed by atoms with E-state index in [2.05, 4.69) is 21.9 Å². The topological polar surface area (TPSA) is 73.8 Å². The van der Waals surface area contributed by atoms with Gasteiger partial charge >= 0.3 is 5.97 Å². The molecule has 0 aliphatic rings. The fourth-order valence-electron chi connectivity index (χ4n) is 3.97. The molecule has 0 spiro atoms. The van der Waals surface area contributed by atoms with Crippen LogP contribution < -0.4 is 0 Å². The first kappa shape index (κ1) is 20.5. The van der Waals surface area contributed by atoms with Gasteiger partial charge in [0.2, 0.25) is 5.78 Å². The zero-order valence-corrected chi connectivity index (χ0v) is 18.1. The zero-order valence-electron chi connectivity index (χ0n) is 18.1. The summed E-state index contributed by atoms with van der Waals surface area (Å²) < 4.78 is 7.40. The maximum atomic E-state index is 12.6. The summed E-state index contributed by atoms with van der Waals surface area (Å²) in [4.78, 5) is 28.5. The fraction of sp³-hybridized carbons (Fsp3) is 0.0741. The van der Waals surface area contributed by atoms with Crippen molar-refractivity contribution in [2.75, 3.05) is 0 Å². The van der Waals surface area contributed by atoms with E-state index in [1.54, 1.807) is 19.1 Å². The van der Waals surface area contributed by atoms with Crippen molar-refractivity contribution >= 4 is 39.3 Å². The molecule has 0 amide bonds. The van der Waals surface area contributed by atoms with Crippen LogP contribution in [0.25, 0.3) is 27.5 Å². The second-order valence-electron chi connectivity index (χ2n) is 7.70. The molecule has 0 aliphatic carbocycles. The van der Waals surface area contributed by atoms with Crippen LogP contribution in [0.5, 0.6) is 0 Å². The number of hydrogen-bond acceptors (Lipinski definition) is 5. The summed E-state index contributed by atoms with van der Waals surface area (Å²) >= 11 is 0. The number of carbonyl (C=O) groups excluding carboxylic acids is 2. The van der Waals surface area contributed by atoms with Gasteiger partial charge in [0.15, 0.2) is 5.76 Å². The van der Waals surface area contributed by atoms with Gasteiger partial charge in [0.05, 0.1) is 23.0 Å². The van der Waals surface area contributed by atoms with Gasteiger partial charge in [-0.25, -0.2) is 4.79 Å². The fourth-order valence-corrected chi connectivity index (χ4v) is 3.97. The molecule has 33 heavy (non-hydrogen) atoms. The van der Waals surface area contributed by atoms with E-state index >= 15 is 0 Å². The van der Waals surface area contributed by atoms with E-state index in [-0.39, 0.29) is 5.78 Å². The minimum atomic E-state index is -0.457. The minimum absolute atomic E-state index is 0.152. The quantitative estimate of drug-likeness (QED) is 0.149. The third-order valence-electron chi connectivity index (χ3n) is 5.53. The van der Waals surface area contributed by atoms with Gasteiger partial charge in [-0.1, -0.05) is 29.4 Å². The number of oxime groups is 1. The number of hydrogen-bond donors (Lipinski definition) is 0. The summed E-state index contributed by atoms with van der Waals surface area (Å²) in [5.41, 5.74) is 5.05. The molecule has 2 aromatic heterocycles. The van der Waals surface area contributed by atoms with Crippen LogP contribution >= 0.6 is 0 Å². The highest BCUT2D eigenvalue weighted by Gasteiger charge is 2.15. The maximum Gasteiger partial charge on any atom is 0.331 e. The lowest BCUT2D eigenvalue weighted by Crippen LogP contribution is -2.01. The van der Waals surface area contributed by atoms with Crippen molar-refractivity contribution in [3.8, 4) is 5.69 Å². The van der Waals surface area contributed by atoms with Crippen LogP contribution in [0.2, 0.25) is 0 Å². The number of fused-ring (bicyclic) bond motifs is 3. The molecule has 0 aliphatic heterocycles. The molecule has 0 N–H and O–H groups in total. The molecule has 0 radical (unpaired) electrons. The third kappa shape index (κ3) is 3.72. The Balaban J connectivity index is 1.61. The van der Waals surface area contributed by atoms with Crippen molar-refractivity contribution in [3.05, 3.63) is 102 Å². The van der Waals surface area contributed by atoms with Crippen molar-refractivity contribution in [2.24, 2.45) is 5.16 Å². The molecule has 5 aromatic rings. The van der Waals surface area contributed by atoms with E-state index in [0.29, 0.717) is 17.0 Å². The van der Waals surface area contributed by atoms with Crippen LogP contribution in [0.15, 0.2) is 94.7 Å². The molecule has 0 atom stereocenters. The summed E-state index contributed by atoms with van der Waals surface area (Å²) in [7, 11) is 0. The number of para-hydroxylation sites is 1. The third-order valence-corrected chi connectivity index (χ3v) is 5.53. The molecule has 0 saturated heterocycles. The molecule has 0 unspecified atom stereocenters. The standard InChI is InChI=1S/C27H20N2O4/c1-17(28-33-18(2)30)20-11-14-25-23(16-20)22-6-3-4-7-24(22)29(25)21-12-9-19(10-13-21)27(31)26-8-5-15-32-26/h3-16H,1-2H3. The van der Waals surface area contributed by atoms with E-state index in [9.17, 15) is 9.59 Å². The van der Waals surface area contributed by atoms with Crippen LogP contribution in [-0.2, 0) is 9.63 Å². The van der Waals surface area contributed by atoms with Crippen LogP contribution in [-0.4, -0.2) is 22.0 Å². The predicted molar refractivity (Wildman–Crippen MR) is 127 cm³/mol. The normalized spacial score (nSPS) is 11.8. The second kappa shape index (κ2) is 8.24. The van der Waals surface area contributed by atoms with Crippen LogP contribution in [0, 0.1) is 0 Å². The summed E-state index contributed by atoms with van der Waals surface area (Å²) in [6.07, 6.45) is 1.49. The smallest absolute Gasteiger partial charge is 0.331 e. The summed E-state index contributed by atoms with van der Waals surface area (Å²) in [6.45, 7) is 3.12. The molecule has 0 saturated carbocycles. The Morgan fingerprint density at radius 2 is 1.55 bits per heavy atom. The number of rotatable bonds is 5. The molecule has 0 fully saturated rings. The van der Waals surface area contributed by atoms with Crippen LogP contribution in [0.4, 0.5) is 0 Å². The molecule has 2 heterocycles. The largest absolute Gasteiger partial charge is 0.461 e. The first-order chi connectivity index (χ1) is 16.0. The Labute approximate surface area is 189 Å². The van der Waals surface area contributed by atoms with Crippen molar-refractivity contribution in [1.29, 1.82) is 0 Å². The molecular weight excluding hydrogens is 416 g/mol. The summed E-state index contributed by atoms with van der Waals surface area (Å²) in [5.74, 6) is -0.292. The molecular formula is C27H20N2O4. The van der Waals surface area contributed by atoms with Crippen molar-refractivity contribution in [1.82, 2.24) is 4.57 Å². The first-order valence-electron chi connectivity index (χ1n) is 10.5. The van der Waals surface area contributed by atoms with Crippen molar-refractivity contribution in [2.45, 2.75) is 13.8 Å². The average Bonchev–Trinajstić information content (AvgIpc) is 3.48. The average molecular weight is 436 g/mol. The van der Waals surface area contributed by atoms with Gasteiger partial charge in [0.25, 0.3) is 0 Å². The van der Waals surface area contributed by atoms with Gasteiger partial charge in [0, 0.05) is 28.9 Å². The number of carbonyl (C=O) groups is 2. The molecule has 6 heteroatoms. The van der Waals surface area contributed by atoms with E-state index < -0.39 is 5.97 Å². The number of ketones is 1. The number of furan rings is 1. The van der Waals surface area contributed by atoms with Gasteiger partial charge in [-0.15, -0.1) is 0 Å². The second-order valence-corrected chi connectivity index (χ2v) is 7.70. The highest BCUT2D eigenvalue weighted by atomic mass is 16.7. The first-order valence-corrected chi connectivity index (χ1v) is 10.5. The molecule has 3 aromatic carbocycles. The zero-order chi connectivity index (χ0) is 22.9. The monoisotopic (exact) mass is 436 g/mol. The van der Waals surface area contributed by atoms with E-state index in [4.69, 9.17) is 9.25 Å². The summed E-state index contributed by atoms with van der Waals surface area (Å²) in [5, 5.41) is 6.05. The lowest BCUT2D eigenvalue weighted by atomic mass is 10.1. The highest BCUT2D eigenvalue weighted by molar-refractivity contribution is 6.12. The number of aromatic nitrogens is 1. The maximum absolute atomic E-state index is 12.6. The van der Waals surface area contributed by atoms with Crippen molar-refractivity contribution in [3.63, 3.8) is 0 Å². The summed E-state index contributed by atoms with van der Waals surface area (Å²) in [6, 6.07) is 25.0. The van der Waals surface area contributed by atoms with E-state index in [1.807, 2.05) is 54.6 Å². The molecule has 6 nitrogen and oxygen atoms in total. The molecule has 5 rings (SSSR count). The number of benzene rings is 3. The lowest BCUT2D eigenvalue weighted by molar-refractivity contribution is -0.140. The molecule has 162 valence electrons. The Morgan fingerprint density at radius 3 is 2.27 bits per heavy atom. The van der Waals surface area contributed by atoms with Gasteiger partial charge in [0.1, 0.15) is 0 Å². The Morgan fingerprint density at radius 1 is 0.818 bits per heavy atom. The number of nitrogens with zero attached hydrogens (tertiary/aromatic N) is 2. The Bertz CT molecular complexity index is 1520. The molecule has 0 bridgehead atoms. The highest BCUT2D eigenvalue weighted by Crippen LogP contribution is 2.33. The van der Waals surface area contributed by atoms with Gasteiger partial charge < -0.3 is 13.8 Å². The lowest BCUT2D eigenvalue weighted by Gasteiger charge is -2.09. The Kier molecular flexibility index (Phi) is 5.11. The van der Waals surface area contributed by atoms with Crippen LogP contribution in [0.1, 0.15) is 35.5 Å². The Hall–Kier alpha value is -4.45. The van der Waals surface area contributed by atoms with Gasteiger partial charge in [-0.2, -0.15) is 0 Å². The van der Waals surface area contributed by atoms with Gasteiger partial charge in [-0.05, 0) is 67.1 Å².